The summed E-state index contributed by atoms with van der Waals surface area (Å²) in [5.74, 6) is 0.162. The monoisotopic (exact) mass is 272 g/mol. The average molecular weight is 272 g/mol. The van der Waals surface area contributed by atoms with E-state index in [2.05, 4.69) is 5.16 Å². The van der Waals surface area contributed by atoms with Crippen LogP contribution in [0.15, 0.2) is 51.1 Å². The molecule has 0 saturated carbocycles. The Morgan fingerprint density at radius 2 is 2.11 bits per heavy atom. The lowest BCUT2D eigenvalue weighted by Crippen LogP contribution is -2.16. The summed E-state index contributed by atoms with van der Waals surface area (Å²) in [5, 5.41) is 5.82. The predicted molar refractivity (Wildman–Crippen MR) is 74.4 cm³/mol. The van der Waals surface area contributed by atoms with Crippen LogP contribution in [0.25, 0.3) is 10.7 Å². The molecule has 96 valence electrons. The van der Waals surface area contributed by atoms with Gasteiger partial charge in [0, 0.05) is 0 Å². The number of benzene rings is 1. The van der Waals surface area contributed by atoms with Gasteiger partial charge in [0.15, 0.2) is 5.82 Å². The van der Waals surface area contributed by atoms with Crippen LogP contribution in [0.4, 0.5) is 0 Å². The number of rotatable bonds is 3. The van der Waals surface area contributed by atoms with Crippen LogP contribution in [-0.2, 0) is 6.54 Å². The van der Waals surface area contributed by atoms with Gasteiger partial charge < -0.3 is 0 Å². The Hall–Kier alpha value is -2.14. The highest BCUT2D eigenvalue weighted by Crippen LogP contribution is 2.22. The molecule has 0 aliphatic heterocycles. The summed E-state index contributed by atoms with van der Waals surface area (Å²) in [6.45, 7) is 2.50. The zero-order chi connectivity index (χ0) is 13.2. The normalized spacial score (nSPS) is 10.8. The van der Waals surface area contributed by atoms with Gasteiger partial charge in [-0.25, -0.2) is 4.79 Å². The lowest BCUT2D eigenvalue weighted by atomic mass is 10.1. The molecule has 0 N–H and O–H groups in total. The summed E-state index contributed by atoms with van der Waals surface area (Å²) in [4.78, 5) is 12.7. The van der Waals surface area contributed by atoms with E-state index in [1.165, 1.54) is 11.3 Å². The van der Waals surface area contributed by atoms with E-state index in [1.54, 1.807) is 4.57 Å². The lowest BCUT2D eigenvalue weighted by Gasteiger charge is -2.06. The maximum atomic E-state index is 11.8. The molecular weight excluding hydrogens is 260 g/mol. The van der Waals surface area contributed by atoms with Gasteiger partial charge in [0.05, 0.1) is 11.4 Å². The van der Waals surface area contributed by atoms with E-state index in [0.717, 1.165) is 16.0 Å². The summed E-state index contributed by atoms with van der Waals surface area (Å²) in [6, 6.07) is 11.8. The molecule has 19 heavy (non-hydrogen) atoms. The highest BCUT2D eigenvalue weighted by Gasteiger charge is 2.14. The predicted octanol–water partition coefficient (Wildman–Crippen LogP) is 2.92. The third-order valence-corrected chi connectivity index (χ3v) is 3.88. The van der Waals surface area contributed by atoms with Crippen molar-refractivity contribution in [1.82, 2.24) is 9.72 Å². The van der Waals surface area contributed by atoms with Crippen LogP contribution >= 0.6 is 11.3 Å². The van der Waals surface area contributed by atoms with Crippen LogP contribution in [0.2, 0.25) is 0 Å². The molecule has 0 saturated heterocycles. The van der Waals surface area contributed by atoms with Gasteiger partial charge in [-0.1, -0.05) is 35.5 Å². The molecular formula is C14H12N2O2S. The number of hydrogen-bond donors (Lipinski definition) is 0. The third kappa shape index (κ3) is 2.24. The van der Waals surface area contributed by atoms with Gasteiger partial charge in [0.1, 0.15) is 0 Å². The zero-order valence-electron chi connectivity index (χ0n) is 10.4. The molecule has 2 aromatic heterocycles. The first-order valence-electron chi connectivity index (χ1n) is 5.90. The molecule has 1 aromatic carbocycles. The molecule has 0 fully saturated rings. The minimum absolute atomic E-state index is 0.424. The van der Waals surface area contributed by atoms with E-state index in [0.29, 0.717) is 12.4 Å². The molecule has 0 unspecified atom stereocenters. The summed E-state index contributed by atoms with van der Waals surface area (Å²) in [5.41, 5.74) is 2.23. The molecule has 3 rings (SSSR count). The molecule has 3 aromatic rings. The van der Waals surface area contributed by atoms with Gasteiger partial charge in [-0.2, -0.15) is 0 Å². The van der Waals surface area contributed by atoms with Gasteiger partial charge in [0.2, 0.25) is 0 Å². The zero-order valence-corrected chi connectivity index (χ0v) is 11.2. The Balaban J connectivity index is 2.05. The van der Waals surface area contributed by atoms with E-state index in [1.807, 2.05) is 48.7 Å². The van der Waals surface area contributed by atoms with E-state index in [-0.39, 0.29) is 0 Å². The Bertz CT molecular complexity index is 741. The number of hydrogen-bond acceptors (Lipinski definition) is 4. The summed E-state index contributed by atoms with van der Waals surface area (Å²) < 4.78 is 6.36. The van der Waals surface area contributed by atoms with Crippen molar-refractivity contribution >= 4 is 11.3 Å². The van der Waals surface area contributed by atoms with E-state index in [9.17, 15) is 4.79 Å². The number of thiophene rings is 1. The molecule has 0 aliphatic carbocycles. The number of nitrogens with zero attached hydrogens (tertiary/aromatic N) is 2. The van der Waals surface area contributed by atoms with Gasteiger partial charge >= 0.3 is 5.76 Å². The second-order valence-electron chi connectivity index (χ2n) is 4.26. The van der Waals surface area contributed by atoms with Crippen LogP contribution in [0, 0.1) is 6.92 Å². The fourth-order valence-corrected chi connectivity index (χ4v) is 2.66. The second kappa shape index (κ2) is 4.85. The summed E-state index contributed by atoms with van der Waals surface area (Å²) in [6.07, 6.45) is 0. The number of aryl methyl sites for hydroxylation is 1. The quantitative estimate of drug-likeness (QED) is 0.736. The van der Waals surface area contributed by atoms with E-state index < -0.39 is 5.76 Å². The van der Waals surface area contributed by atoms with Crippen LogP contribution in [0.5, 0.6) is 0 Å². The molecule has 2 heterocycles. The van der Waals surface area contributed by atoms with Crippen molar-refractivity contribution in [3.8, 4) is 10.7 Å². The lowest BCUT2D eigenvalue weighted by molar-refractivity contribution is 0.378. The Labute approximate surface area is 113 Å². The van der Waals surface area contributed by atoms with Gasteiger partial charge in [-0.15, -0.1) is 11.3 Å². The molecule has 4 nitrogen and oxygen atoms in total. The first-order valence-corrected chi connectivity index (χ1v) is 6.78. The smallest absolute Gasteiger partial charge is 0.295 e. The topological polar surface area (TPSA) is 48.0 Å². The first-order chi connectivity index (χ1) is 9.25. The molecule has 0 bridgehead atoms. The van der Waals surface area contributed by atoms with Crippen molar-refractivity contribution in [3.63, 3.8) is 0 Å². The number of aromatic nitrogens is 2. The largest absolute Gasteiger partial charge is 0.442 e. The SMILES string of the molecule is Cc1ccccc1Cn1c(-c2cccs2)noc1=O. The third-order valence-electron chi connectivity index (χ3n) is 3.02. The molecule has 0 atom stereocenters. The Morgan fingerprint density at radius 1 is 1.26 bits per heavy atom. The van der Waals surface area contributed by atoms with Gasteiger partial charge in [0.25, 0.3) is 0 Å². The molecule has 0 amide bonds. The molecule has 0 aliphatic rings. The van der Waals surface area contributed by atoms with Gasteiger partial charge in [-0.05, 0) is 29.5 Å². The highest BCUT2D eigenvalue weighted by atomic mass is 32.1. The van der Waals surface area contributed by atoms with Crippen LogP contribution in [0.1, 0.15) is 11.1 Å². The maximum absolute atomic E-state index is 11.8. The second-order valence-corrected chi connectivity index (χ2v) is 5.21. The molecule has 0 spiro atoms. The van der Waals surface area contributed by atoms with Crippen molar-refractivity contribution in [1.29, 1.82) is 0 Å². The fraction of sp³-hybridized carbons (Fsp3) is 0.143. The standard InChI is InChI=1S/C14H12N2O2S/c1-10-5-2-3-6-11(10)9-16-13(15-18-14(16)17)12-7-4-8-19-12/h2-8H,9H2,1H3. The van der Waals surface area contributed by atoms with Crippen molar-refractivity contribution in [3.05, 3.63) is 63.5 Å². The molecule has 0 radical (unpaired) electrons. The van der Waals surface area contributed by atoms with Crippen LogP contribution in [-0.4, -0.2) is 9.72 Å². The Morgan fingerprint density at radius 3 is 2.84 bits per heavy atom. The summed E-state index contributed by atoms with van der Waals surface area (Å²) >= 11 is 1.54. The minimum Gasteiger partial charge on any atom is -0.295 e. The minimum atomic E-state index is -0.424. The fourth-order valence-electron chi connectivity index (χ4n) is 1.95. The molecule has 5 heteroatoms. The van der Waals surface area contributed by atoms with Crippen molar-refractivity contribution < 1.29 is 4.52 Å². The van der Waals surface area contributed by atoms with Gasteiger partial charge in [-0.3, -0.25) is 9.09 Å². The van der Waals surface area contributed by atoms with Crippen molar-refractivity contribution in [2.24, 2.45) is 0 Å². The van der Waals surface area contributed by atoms with E-state index >= 15 is 0 Å². The summed E-state index contributed by atoms with van der Waals surface area (Å²) in [7, 11) is 0. The first kappa shape index (κ1) is 11.9. The maximum Gasteiger partial charge on any atom is 0.442 e. The van der Waals surface area contributed by atoms with Crippen LogP contribution in [0.3, 0.4) is 0 Å². The van der Waals surface area contributed by atoms with Crippen molar-refractivity contribution in [2.45, 2.75) is 13.5 Å². The van der Waals surface area contributed by atoms with Crippen LogP contribution < -0.4 is 5.76 Å². The highest BCUT2D eigenvalue weighted by molar-refractivity contribution is 7.13. The van der Waals surface area contributed by atoms with Crippen molar-refractivity contribution in [2.75, 3.05) is 0 Å². The average Bonchev–Trinajstić information content (AvgIpc) is 3.03. The Kier molecular flexibility index (Phi) is 3.05. The van der Waals surface area contributed by atoms with E-state index in [4.69, 9.17) is 4.52 Å².